The number of phenols is 2. The molecule has 0 saturated heterocycles. The third kappa shape index (κ3) is 15.3. The van der Waals surface area contributed by atoms with Crippen molar-refractivity contribution in [1.82, 2.24) is 15.0 Å². The van der Waals surface area contributed by atoms with Crippen LogP contribution in [-0.2, 0) is 79.9 Å². The first-order chi connectivity index (χ1) is 36.0. The number of benzene rings is 6. The number of rotatable bonds is 22. The molecule has 29 nitrogen and oxygen atoms in total. The molecule has 408 valence electrons. The Morgan fingerprint density at radius 3 is 1.30 bits per heavy atom. The Bertz CT molecular complexity index is 3830. The summed E-state index contributed by atoms with van der Waals surface area (Å²) in [6, 6.07) is 18.4. The van der Waals surface area contributed by atoms with Gasteiger partial charge in [0.1, 0.15) is 21.2 Å². The van der Waals surface area contributed by atoms with E-state index in [2.05, 4.69) is 54.4 Å². The highest BCUT2D eigenvalue weighted by molar-refractivity contribution is 7.86. The Morgan fingerprint density at radius 2 is 0.935 bits per heavy atom. The summed E-state index contributed by atoms with van der Waals surface area (Å²) in [7, 11) is -19.8. The van der Waals surface area contributed by atoms with Gasteiger partial charge in [-0.1, -0.05) is 24.3 Å². The number of hydrogen-bond acceptors (Lipinski definition) is 25. The highest BCUT2D eigenvalue weighted by Crippen LogP contribution is 2.47. The summed E-state index contributed by atoms with van der Waals surface area (Å²) in [5, 5.41) is 44.5. The van der Waals surface area contributed by atoms with E-state index in [4.69, 9.17) is 29.1 Å². The van der Waals surface area contributed by atoms with Crippen molar-refractivity contribution in [2.24, 2.45) is 20.5 Å². The second-order valence-electron chi connectivity index (χ2n) is 15.4. The number of nitrogens with one attached hydrogen (secondary N) is 2. The van der Waals surface area contributed by atoms with Crippen LogP contribution in [0.1, 0.15) is 11.1 Å². The zero-order valence-electron chi connectivity index (χ0n) is 38.8. The van der Waals surface area contributed by atoms with Crippen LogP contribution in [0.2, 0.25) is 5.28 Å². The molecule has 0 aliphatic rings. The number of aryl methyl sites for hydroxylation is 2. The molecule has 36 heteroatoms. The summed E-state index contributed by atoms with van der Waals surface area (Å²) in [6.45, 7) is 0.821. The van der Waals surface area contributed by atoms with Crippen LogP contribution in [0.15, 0.2) is 125 Å². The van der Waals surface area contributed by atoms with Crippen LogP contribution in [-0.4, -0.2) is 112 Å². The number of anilines is 4. The average Bonchev–Trinajstić information content (AvgIpc) is 3.32. The lowest BCUT2D eigenvalue weighted by atomic mass is 10.0. The Hall–Kier alpha value is -6.68. The van der Waals surface area contributed by atoms with Crippen LogP contribution in [0.3, 0.4) is 0 Å². The Kier molecular flexibility index (Phi) is 17.7. The number of aromatic hydroxyl groups is 2. The van der Waals surface area contributed by atoms with Gasteiger partial charge >= 0.3 is 20.8 Å². The van der Waals surface area contributed by atoms with Crippen LogP contribution in [0.5, 0.6) is 11.5 Å². The molecule has 77 heavy (non-hydrogen) atoms. The molecule has 0 radical (unpaired) electrons. The molecular weight excluding hydrogens is 1170 g/mol. The molecule has 1 aromatic heterocycles. The molecule has 0 amide bonds. The first-order valence-electron chi connectivity index (χ1n) is 20.9. The van der Waals surface area contributed by atoms with E-state index in [0.29, 0.717) is 11.1 Å². The zero-order valence-corrected chi connectivity index (χ0v) is 44.4. The summed E-state index contributed by atoms with van der Waals surface area (Å²) < 4.78 is 176. The molecule has 7 aromatic rings. The van der Waals surface area contributed by atoms with Gasteiger partial charge in [-0.3, -0.25) is 26.6 Å². The minimum atomic E-state index is -5.13. The standard InChI is InChI=1S/C41H36ClN9O20S6/c1-21-13-23-17-31(74(56,57)58)35(50-48-25-5-3-7-27(19-25)72(54)68-9-11-70-76(62,63)64)37(52)33(23)29(15-21)43-40-45-39(42)46-41(47-40)44-30-16-22(2)14-24-18-32(75(59,60)61)36(38(53)34(24)30)51-49-26-6-4-8-28(20-26)73(55)69-10-12-71-77(65,66)67/h3-8,13-20,52-53H,9-12H2,1-2H3,(H,56,57,58)(H,59,60,61)(H,62,63,64)(H,65,66,67)(H2,43,44,45,46,47). The van der Waals surface area contributed by atoms with Crippen molar-refractivity contribution in [3.8, 4) is 11.5 Å². The molecule has 2 atom stereocenters. The minimum absolute atomic E-state index is 0.0116. The summed E-state index contributed by atoms with van der Waals surface area (Å²) in [5.41, 5.74) is -0.670. The lowest BCUT2D eigenvalue weighted by Gasteiger charge is -2.16. The lowest BCUT2D eigenvalue weighted by Crippen LogP contribution is -2.11. The van der Waals surface area contributed by atoms with Gasteiger partial charge in [-0.25, -0.2) is 16.8 Å². The number of aromatic nitrogens is 3. The normalized spacial score (nSPS) is 13.4. The quantitative estimate of drug-likeness (QED) is 0.0186. The van der Waals surface area contributed by atoms with Crippen molar-refractivity contribution in [3.05, 3.63) is 101 Å². The van der Waals surface area contributed by atoms with E-state index in [0.717, 1.165) is 12.1 Å². The van der Waals surface area contributed by atoms with Gasteiger partial charge in [0.05, 0.1) is 59.0 Å². The number of halogens is 1. The van der Waals surface area contributed by atoms with E-state index in [1.807, 2.05) is 0 Å². The van der Waals surface area contributed by atoms with Crippen LogP contribution in [0, 0.1) is 13.8 Å². The number of hydrogen-bond donors (Lipinski definition) is 8. The van der Waals surface area contributed by atoms with Crippen molar-refractivity contribution >= 4 is 142 Å². The summed E-state index contributed by atoms with van der Waals surface area (Å²) in [6.07, 6.45) is 0. The largest absolute Gasteiger partial charge is 0.505 e. The molecular formula is C41H36ClN9O20S6. The highest BCUT2D eigenvalue weighted by atomic mass is 35.5. The Morgan fingerprint density at radius 1 is 0.545 bits per heavy atom. The smallest absolute Gasteiger partial charge is 0.397 e. The maximum Gasteiger partial charge on any atom is 0.397 e. The molecule has 0 aliphatic heterocycles. The third-order valence-corrected chi connectivity index (χ3v) is 14.7. The summed E-state index contributed by atoms with van der Waals surface area (Å²) >= 11 is 1.92. The predicted octanol–water partition coefficient (Wildman–Crippen LogP) is 7.39. The van der Waals surface area contributed by atoms with E-state index < -0.39 is 128 Å². The first kappa shape index (κ1) is 58.0. The molecule has 7 rings (SSSR count). The van der Waals surface area contributed by atoms with Crippen molar-refractivity contribution in [2.45, 2.75) is 33.4 Å². The molecule has 2 unspecified atom stereocenters. The van der Waals surface area contributed by atoms with Gasteiger partial charge in [-0.15, -0.1) is 10.2 Å². The van der Waals surface area contributed by atoms with E-state index in [-0.39, 0.29) is 66.0 Å². The van der Waals surface area contributed by atoms with E-state index in [1.165, 1.54) is 72.8 Å². The number of fused-ring (bicyclic) bond motifs is 2. The number of phenolic OH excluding ortho intramolecular Hbond substituents is 2. The van der Waals surface area contributed by atoms with Crippen molar-refractivity contribution < 1.29 is 87.2 Å². The third-order valence-electron chi connectivity index (χ3n) is 9.81. The number of azo groups is 2. The topological polar surface area (TPSA) is 441 Å². The molecule has 8 N–H and O–H groups in total. The Balaban J connectivity index is 1.22. The second kappa shape index (κ2) is 23.5. The highest BCUT2D eigenvalue weighted by Gasteiger charge is 2.27. The molecule has 0 saturated carbocycles. The lowest BCUT2D eigenvalue weighted by molar-refractivity contribution is 0.211. The zero-order chi connectivity index (χ0) is 56.2. The molecule has 1 heterocycles. The second-order valence-corrected chi connectivity index (χ2v) is 23.1. The van der Waals surface area contributed by atoms with Crippen molar-refractivity contribution in [1.29, 1.82) is 0 Å². The molecule has 0 spiro atoms. The van der Waals surface area contributed by atoms with Crippen LogP contribution < -0.4 is 10.6 Å². The maximum absolute atomic E-state index is 12.7. The van der Waals surface area contributed by atoms with Crippen LogP contribution in [0.25, 0.3) is 21.5 Å². The van der Waals surface area contributed by atoms with Gasteiger partial charge in [0.25, 0.3) is 20.2 Å². The van der Waals surface area contributed by atoms with Crippen molar-refractivity contribution in [2.75, 3.05) is 37.1 Å². The molecule has 0 aliphatic carbocycles. The maximum atomic E-state index is 12.7. The van der Waals surface area contributed by atoms with Crippen molar-refractivity contribution in [3.63, 3.8) is 0 Å². The van der Waals surface area contributed by atoms with E-state index in [1.54, 1.807) is 13.8 Å². The fraction of sp³-hybridized carbons (Fsp3) is 0.146. The predicted molar refractivity (Wildman–Crippen MR) is 273 cm³/mol. The summed E-state index contributed by atoms with van der Waals surface area (Å²) in [5.74, 6) is -2.28. The minimum Gasteiger partial charge on any atom is -0.505 e. The molecule has 0 bridgehead atoms. The molecule has 6 aromatic carbocycles. The van der Waals surface area contributed by atoms with Gasteiger partial charge in [-0.05, 0) is 108 Å². The fourth-order valence-electron chi connectivity index (χ4n) is 6.91. The van der Waals surface area contributed by atoms with Gasteiger partial charge in [0.15, 0.2) is 33.7 Å². The van der Waals surface area contributed by atoms with Gasteiger partial charge in [0, 0.05) is 10.8 Å². The number of nitrogens with zero attached hydrogens (tertiary/aromatic N) is 7. The van der Waals surface area contributed by atoms with Crippen LogP contribution >= 0.6 is 11.6 Å². The van der Waals surface area contributed by atoms with E-state index in [9.17, 15) is 61.4 Å². The molecule has 0 fully saturated rings. The van der Waals surface area contributed by atoms with Gasteiger partial charge < -0.3 is 20.8 Å². The first-order valence-corrected chi connectivity index (χ1v) is 29.1. The Labute approximate surface area is 445 Å². The van der Waals surface area contributed by atoms with Gasteiger partial charge in [-0.2, -0.15) is 58.9 Å². The fourth-order valence-corrected chi connectivity index (χ4v) is 10.5. The summed E-state index contributed by atoms with van der Waals surface area (Å²) in [4.78, 5) is 10.8. The monoisotopic (exact) mass is 1200 g/mol. The average molecular weight is 1200 g/mol. The van der Waals surface area contributed by atoms with Gasteiger partial charge in [0.2, 0.25) is 17.2 Å². The SMILES string of the molecule is Cc1cc(Nc2nc(Cl)nc(Nc3cc(C)cc4cc(S(=O)(=O)O)c(N=Nc5cccc(S(=O)OCCOS(=O)(=O)O)c5)c(O)c34)n2)c2c(O)c(N=Nc3cccc(S(=O)OCCOS(=O)(=O)O)c3)c(S(=O)(=O)O)cc2c1. The van der Waals surface area contributed by atoms with E-state index >= 15 is 0 Å². The van der Waals surface area contributed by atoms with Crippen LogP contribution in [0.4, 0.5) is 46.0 Å².